The standard InChI is InChI=1S/C24H46O4/c1-7-9-13-21(17-19(3)4)27-23(25)15-11-12-16-24(26)28-22(14-10-8-2)18-20(5)6/h19-22H,7-18H2,1-6H3. The molecule has 0 saturated heterocycles. The molecule has 0 heterocycles. The number of ether oxygens (including phenoxy) is 2. The Kier molecular flexibility index (Phi) is 16.2. The maximum absolute atomic E-state index is 12.1. The molecule has 166 valence electrons. The SMILES string of the molecule is CCCCC(CC(C)C)OC(=O)CCCCC(=O)OC(CCCC)CC(C)C. The maximum atomic E-state index is 12.1. The monoisotopic (exact) mass is 398 g/mol. The molecule has 0 fully saturated rings. The number of hydrogen-bond acceptors (Lipinski definition) is 4. The summed E-state index contributed by atoms with van der Waals surface area (Å²) in [5.74, 6) is 0.790. The molecule has 0 N–H and O–H groups in total. The third kappa shape index (κ3) is 15.9. The van der Waals surface area contributed by atoms with Gasteiger partial charge < -0.3 is 9.47 Å². The predicted octanol–water partition coefficient (Wildman–Crippen LogP) is 6.84. The van der Waals surface area contributed by atoms with Crippen molar-refractivity contribution in [2.45, 2.75) is 131 Å². The molecule has 2 atom stereocenters. The fraction of sp³-hybridized carbons (Fsp3) is 0.917. The number of rotatable bonds is 17. The van der Waals surface area contributed by atoms with Crippen LogP contribution in [0.1, 0.15) is 119 Å². The molecule has 0 rings (SSSR count). The third-order valence-electron chi connectivity index (χ3n) is 4.84. The van der Waals surface area contributed by atoms with Crippen molar-refractivity contribution in [3.8, 4) is 0 Å². The number of hydrogen-bond donors (Lipinski definition) is 0. The van der Waals surface area contributed by atoms with E-state index in [2.05, 4.69) is 41.5 Å². The van der Waals surface area contributed by atoms with Crippen LogP contribution in [-0.2, 0) is 19.1 Å². The highest BCUT2D eigenvalue weighted by atomic mass is 16.5. The zero-order chi connectivity index (χ0) is 21.4. The smallest absolute Gasteiger partial charge is 0.306 e. The van der Waals surface area contributed by atoms with E-state index in [1.165, 1.54) is 0 Å². The first kappa shape index (κ1) is 26.9. The zero-order valence-corrected chi connectivity index (χ0v) is 19.4. The van der Waals surface area contributed by atoms with Gasteiger partial charge in [-0.3, -0.25) is 9.59 Å². The summed E-state index contributed by atoms with van der Waals surface area (Å²) < 4.78 is 11.3. The normalized spacial score (nSPS) is 13.6. The molecule has 0 amide bonds. The van der Waals surface area contributed by atoms with Gasteiger partial charge in [0.2, 0.25) is 0 Å². The van der Waals surface area contributed by atoms with Gasteiger partial charge in [0.1, 0.15) is 12.2 Å². The minimum Gasteiger partial charge on any atom is -0.462 e. The van der Waals surface area contributed by atoms with E-state index in [9.17, 15) is 9.59 Å². The molecular formula is C24H46O4. The summed E-state index contributed by atoms with van der Waals surface area (Å²) in [5, 5.41) is 0. The van der Waals surface area contributed by atoms with Crippen molar-refractivity contribution in [2.24, 2.45) is 11.8 Å². The summed E-state index contributed by atoms with van der Waals surface area (Å²) in [6.07, 6.45) is 10.4. The van der Waals surface area contributed by atoms with E-state index in [-0.39, 0.29) is 24.1 Å². The summed E-state index contributed by atoms with van der Waals surface area (Å²) in [5.41, 5.74) is 0. The quantitative estimate of drug-likeness (QED) is 0.199. The summed E-state index contributed by atoms with van der Waals surface area (Å²) in [4.78, 5) is 24.2. The third-order valence-corrected chi connectivity index (χ3v) is 4.84. The van der Waals surface area contributed by atoms with Crippen molar-refractivity contribution in [3.05, 3.63) is 0 Å². The molecule has 0 aromatic rings. The predicted molar refractivity (Wildman–Crippen MR) is 116 cm³/mol. The largest absolute Gasteiger partial charge is 0.462 e. The van der Waals surface area contributed by atoms with Crippen LogP contribution in [0.5, 0.6) is 0 Å². The maximum Gasteiger partial charge on any atom is 0.306 e. The van der Waals surface area contributed by atoms with Gasteiger partial charge in [-0.15, -0.1) is 0 Å². The molecule has 4 nitrogen and oxygen atoms in total. The molecule has 2 unspecified atom stereocenters. The number of unbranched alkanes of at least 4 members (excludes halogenated alkanes) is 3. The van der Waals surface area contributed by atoms with Crippen molar-refractivity contribution in [1.29, 1.82) is 0 Å². The Morgan fingerprint density at radius 3 is 1.29 bits per heavy atom. The van der Waals surface area contributed by atoms with Crippen LogP contribution in [0.2, 0.25) is 0 Å². The van der Waals surface area contributed by atoms with E-state index >= 15 is 0 Å². The van der Waals surface area contributed by atoms with Crippen LogP contribution in [0.15, 0.2) is 0 Å². The fourth-order valence-corrected chi connectivity index (χ4v) is 3.39. The molecule has 28 heavy (non-hydrogen) atoms. The molecule has 0 saturated carbocycles. The molecule has 0 aliphatic carbocycles. The van der Waals surface area contributed by atoms with E-state index < -0.39 is 0 Å². The van der Waals surface area contributed by atoms with Gasteiger partial charge in [0.05, 0.1) is 0 Å². The Morgan fingerprint density at radius 2 is 1.00 bits per heavy atom. The van der Waals surface area contributed by atoms with Crippen LogP contribution < -0.4 is 0 Å². The first-order chi connectivity index (χ1) is 13.3. The molecular weight excluding hydrogens is 352 g/mol. The molecule has 0 aromatic heterocycles. The van der Waals surface area contributed by atoms with E-state index in [1.54, 1.807) is 0 Å². The average Bonchev–Trinajstić information content (AvgIpc) is 2.60. The van der Waals surface area contributed by atoms with Crippen molar-refractivity contribution in [3.63, 3.8) is 0 Å². The van der Waals surface area contributed by atoms with E-state index in [0.717, 1.165) is 51.4 Å². The van der Waals surface area contributed by atoms with Crippen LogP contribution in [0.25, 0.3) is 0 Å². The van der Waals surface area contributed by atoms with Crippen molar-refractivity contribution < 1.29 is 19.1 Å². The molecule has 0 aliphatic heterocycles. The second-order valence-electron chi connectivity index (χ2n) is 8.97. The Bertz CT molecular complexity index is 365. The van der Waals surface area contributed by atoms with Gasteiger partial charge in [0, 0.05) is 12.8 Å². The first-order valence-electron chi connectivity index (χ1n) is 11.7. The van der Waals surface area contributed by atoms with Gasteiger partial charge in [0.25, 0.3) is 0 Å². The average molecular weight is 399 g/mol. The second kappa shape index (κ2) is 16.9. The van der Waals surface area contributed by atoms with Gasteiger partial charge in [-0.25, -0.2) is 0 Å². The molecule has 0 aromatic carbocycles. The summed E-state index contributed by atoms with van der Waals surface area (Å²) in [6, 6.07) is 0. The lowest BCUT2D eigenvalue weighted by molar-refractivity contribution is -0.152. The van der Waals surface area contributed by atoms with Gasteiger partial charge >= 0.3 is 11.9 Å². The Hall–Kier alpha value is -1.06. The topological polar surface area (TPSA) is 52.6 Å². The molecule has 0 spiro atoms. The molecule has 0 radical (unpaired) electrons. The van der Waals surface area contributed by atoms with Gasteiger partial charge in [-0.05, 0) is 50.4 Å². The van der Waals surface area contributed by atoms with Crippen LogP contribution in [0.3, 0.4) is 0 Å². The first-order valence-corrected chi connectivity index (χ1v) is 11.7. The van der Waals surface area contributed by atoms with E-state index in [0.29, 0.717) is 37.5 Å². The highest BCUT2D eigenvalue weighted by Crippen LogP contribution is 2.18. The van der Waals surface area contributed by atoms with Gasteiger partial charge in [-0.2, -0.15) is 0 Å². The lowest BCUT2D eigenvalue weighted by atomic mass is 10.0. The second-order valence-corrected chi connectivity index (χ2v) is 8.97. The number of carbonyl (C=O) groups excluding carboxylic acids is 2. The number of carbonyl (C=O) groups is 2. The summed E-state index contributed by atoms with van der Waals surface area (Å²) in [6.45, 7) is 12.9. The molecule has 0 bridgehead atoms. The van der Waals surface area contributed by atoms with Crippen LogP contribution in [0.4, 0.5) is 0 Å². The molecule has 4 heteroatoms. The van der Waals surface area contributed by atoms with E-state index in [1.807, 2.05) is 0 Å². The minimum absolute atomic E-state index is 0.0350. The van der Waals surface area contributed by atoms with Crippen LogP contribution in [0, 0.1) is 11.8 Å². The fourth-order valence-electron chi connectivity index (χ4n) is 3.39. The van der Waals surface area contributed by atoms with Crippen LogP contribution in [-0.4, -0.2) is 24.1 Å². The lowest BCUT2D eigenvalue weighted by Crippen LogP contribution is -2.21. The van der Waals surface area contributed by atoms with Gasteiger partial charge in [0.15, 0.2) is 0 Å². The molecule has 0 aliphatic rings. The van der Waals surface area contributed by atoms with Crippen molar-refractivity contribution in [1.82, 2.24) is 0 Å². The van der Waals surface area contributed by atoms with Crippen molar-refractivity contribution >= 4 is 11.9 Å². The highest BCUT2D eigenvalue weighted by molar-refractivity contribution is 5.70. The Morgan fingerprint density at radius 1 is 0.643 bits per heavy atom. The number of esters is 2. The van der Waals surface area contributed by atoms with E-state index in [4.69, 9.17) is 9.47 Å². The lowest BCUT2D eigenvalue weighted by Gasteiger charge is -2.20. The Balaban J connectivity index is 4.12. The van der Waals surface area contributed by atoms with Crippen LogP contribution >= 0.6 is 0 Å². The summed E-state index contributed by atoms with van der Waals surface area (Å²) in [7, 11) is 0. The van der Waals surface area contributed by atoms with Gasteiger partial charge in [-0.1, -0.05) is 67.2 Å². The summed E-state index contributed by atoms with van der Waals surface area (Å²) >= 11 is 0. The minimum atomic E-state index is -0.129. The Labute approximate surface area is 174 Å². The van der Waals surface area contributed by atoms with Crippen molar-refractivity contribution in [2.75, 3.05) is 0 Å². The highest BCUT2D eigenvalue weighted by Gasteiger charge is 2.17. The zero-order valence-electron chi connectivity index (χ0n) is 19.4.